The number of benzene rings is 2. The molecular weight excluding hydrogens is 411 g/mol. The lowest BCUT2D eigenvalue weighted by Crippen LogP contribution is -3.61. The predicted molar refractivity (Wildman–Crippen MR) is 92.0 cm³/mol. The van der Waals surface area contributed by atoms with Crippen LogP contribution in [0.25, 0.3) is 0 Å². The van der Waals surface area contributed by atoms with Crippen LogP contribution in [0.2, 0.25) is 0 Å². The zero-order valence-electron chi connectivity index (χ0n) is 15.2. The van der Waals surface area contributed by atoms with Crippen molar-refractivity contribution in [3.05, 3.63) is 66.3 Å². The van der Waals surface area contributed by atoms with Gasteiger partial charge in [-0.1, -0.05) is 59.7 Å². The lowest BCUT2D eigenvalue weighted by Gasteiger charge is -2.20. The van der Waals surface area contributed by atoms with Crippen LogP contribution < -0.4 is 26.3 Å². The van der Waals surface area contributed by atoms with Gasteiger partial charge in [0.25, 0.3) is 0 Å². The molecule has 0 radical (unpaired) electrons. The van der Waals surface area contributed by atoms with Crippen LogP contribution in [0.1, 0.15) is 63.0 Å². The summed E-state index contributed by atoms with van der Waals surface area (Å²) >= 11 is -0.546. The summed E-state index contributed by atoms with van der Waals surface area (Å²) in [7, 11) is 0. The Hall–Kier alpha value is -1.36. The van der Waals surface area contributed by atoms with Gasteiger partial charge >= 0.3 is 21.2 Å². The van der Waals surface area contributed by atoms with Crippen LogP contribution in [0.3, 0.4) is 0 Å². The molecule has 0 N–H and O–H groups in total. The molecular formula is C21H25IO2. The molecule has 2 aromatic rings. The fourth-order valence-electron chi connectivity index (χ4n) is 2.36. The van der Waals surface area contributed by atoms with E-state index in [0.29, 0.717) is 5.56 Å². The van der Waals surface area contributed by atoms with Gasteiger partial charge in [0, 0.05) is 0 Å². The molecule has 0 spiro atoms. The third-order valence-corrected chi connectivity index (χ3v) is 6.84. The summed E-state index contributed by atoms with van der Waals surface area (Å²) in [6.45, 7) is 12.8. The summed E-state index contributed by atoms with van der Waals surface area (Å²) in [5, 5.41) is 11.6. The van der Waals surface area contributed by atoms with Crippen LogP contribution in [0, 0.1) is 7.14 Å². The van der Waals surface area contributed by atoms with E-state index in [9.17, 15) is 9.90 Å². The van der Waals surface area contributed by atoms with E-state index in [0.717, 1.165) is 9.13 Å². The number of rotatable bonds is 3. The van der Waals surface area contributed by atoms with Gasteiger partial charge in [-0.3, -0.25) is 0 Å². The monoisotopic (exact) mass is 436 g/mol. The molecule has 128 valence electrons. The highest BCUT2D eigenvalue weighted by Crippen LogP contribution is 2.23. The number of aromatic carboxylic acids is 1. The van der Waals surface area contributed by atoms with Crippen molar-refractivity contribution >= 4 is 5.97 Å². The van der Waals surface area contributed by atoms with Crippen LogP contribution in [0.4, 0.5) is 0 Å². The minimum absolute atomic E-state index is 0.0740. The van der Waals surface area contributed by atoms with Crippen molar-refractivity contribution in [3.63, 3.8) is 0 Å². The first kappa shape index (κ1) is 19.0. The molecule has 0 aliphatic rings. The summed E-state index contributed by atoms with van der Waals surface area (Å²) in [6.07, 6.45) is 0. The van der Waals surface area contributed by atoms with Crippen molar-refractivity contribution in [2.45, 2.75) is 52.4 Å². The van der Waals surface area contributed by atoms with E-state index in [1.54, 1.807) is 6.07 Å². The van der Waals surface area contributed by atoms with Crippen LogP contribution in [-0.2, 0) is 10.8 Å². The molecule has 0 bridgehead atoms. The summed E-state index contributed by atoms with van der Waals surface area (Å²) in [4.78, 5) is 11.6. The first-order chi connectivity index (χ1) is 11.0. The van der Waals surface area contributed by atoms with Crippen molar-refractivity contribution in [2.24, 2.45) is 0 Å². The van der Waals surface area contributed by atoms with Gasteiger partial charge in [0.15, 0.2) is 3.57 Å². The zero-order chi connectivity index (χ0) is 18.1. The molecule has 2 nitrogen and oxygen atoms in total. The quantitative estimate of drug-likeness (QED) is 0.668. The zero-order valence-corrected chi connectivity index (χ0v) is 17.4. The Morgan fingerprint density at radius 3 is 1.79 bits per heavy atom. The Bertz CT molecular complexity index is 732. The normalized spacial score (nSPS) is 12.2. The number of halogens is 1. The molecule has 0 amide bonds. The summed E-state index contributed by atoms with van der Waals surface area (Å²) in [6, 6.07) is 14.4. The van der Waals surface area contributed by atoms with Gasteiger partial charge in [-0.15, -0.1) is 0 Å². The van der Waals surface area contributed by atoms with Gasteiger partial charge in [-0.2, -0.15) is 0 Å². The van der Waals surface area contributed by atoms with Crippen LogP contribution in [-0.4, -0.2) is 5.97 Å². The lowest BCUT2D eigenvalue weighted by atomic mass is 9.86. The first-order valence-corrected chi connectivity index (χ1v) is 10.3. The highest BCUT2D eigenvalue weighted by Gasteiger charge is 2.24. The van der Waals surface area contributed by atoms with Crippen molar-refractivity contribution in [1.29, 1.82) is 0 Å². The molecule has 0 saturated heterocycles. The number of carboxylic acids is 1. The van der Waals surface area contributed by atoms with Crippen LogP contribution in [0.5, 0.6) is 0 Å². The molecule has 0 saturated carbocycles. The summed E-state index contributed by atoms with van der Waals surface area (Å²) < 4.78 is 2.12. The molecule has 0 aromatic heterocycles. The van der Waals surface area contributed by atoms with Gasteiger partial charge in [-0.05, 0) is 46.2 Å². The molecule has 0 aliphatic carbocycles. The average Bonchev–Trinajstić information content (AvgIpc) is 2.46. The van der Waals surface area contributed by atoms with Crippen LogP contribution >= 0.6 is 0 Å². The van der Waals surface area contributed by atoms with Crippen molar-refractivity contribution in [1.82, 2.24) is 0 Å². The fourth-order valence-corrected chi connectivity index (χ4v) is 4.78. The second-order valence-corrected chi connectivity index (χ2v) is 11.0. The molecule has 0 unspecified atom stereocenters. The average molecular weight is 436 g/mol. The lowest BCUT2D eigenvalue weighted by molar-refractivity contribution is -0.598. The van der Waals surface area contributed by atoms with Gasteiger partial charge in [0.05, 0.1) is 11.5 Å². The maximum Gasteiger partial charge on any atom is 0.358 e. The number of hydrogen-bond donors (Lipinski definition) is 0. The molecule has 0 heterocycles. The second-order valence-electron chi connectivity index (χ2n) is 8.08. The molecule has 2 rings (SSSR count). The van der Waals surface area contributed by atoms with Gasteiger partial charge in [0.2, 0.25) is 3.57 Å². The molecule has 0 aliphatic heterocycles. The van der Waals surface area contributed by atoms with E-state index < -0.39 is 27.2 Å². The fraction of sp³-hybridized carbons (Fsp3) is 0.381. The second kappa shape index (κ2) is 6.87. The van der Waals surface area contributed by atoms with E-state index in [2.05, 4.69) is 65.8 Å². The van der Waals surface area contributed by atoms with Gasteiger partial charge in [-0.25, -0.2) is 0 Å². The van der Waals surface area contributed by atoms with Crippen LogP contribution in [0.15, 0.2) is 42.5 Å². The third kappa shape index (κ3) is 4.59. The minimum Gasteiger partial charge on any atom is -0.545 e. The first-order valence-electron chi connectivity index (χ1n) is 8.10. The Morgan fingerprint density at radius 1 is 0.833 bits per heavy atom. The minimum atomic E-state index is -1.08. The molecule has 0 fully saturated rings. The summed E-state index contributed by atoms with van der Waals surface area (Å²) in [5.41, 5.74) is 2.71. The smallest absolute Gasteiger partial charge is 0.358 e. The molecule has 3 heteroatoms. The predicted octanol–water partition coefficient (Wildman–Crippen LogP) is 0.774. The van der Waals surface area contributed by atoms with Crippen molar-refractivity contribution in [3.8, 4) is 0 Å². The molecule has 24 heavy (non-hydrogen) atoms. The Balaban J connectivity index is 2.34. The van der Waals surface area contributed by atoms with E-state index in [1.165, 1.54) is 9.13 Å². The number of carbonyl (C=O) groups is 1. The van der Waals surface area contributed by atoms with Crippen molar-refractivity contribution < 1.29 is 31.1 Å². The number of carbonyl (C=O) groups excluding carboxylic acids is 1. The summed E-state index contributed by atoms with van der Waals surface area (Å²) in [5.74, 6) is -1.08. The molecule has 0 atom stereocenters. The standard InChI is InChI=1S/C21H25IO2/c1-20(2,3)14-7-10-16(11-8-14)22-18-12-9-15(21(4,5)6)13-17(18)19(23)24/h7-13H,1-6H3. The van der Waals surface area contributed by atoms with E-state index >= 15 is 0 Å². The van der Waals surface area contributed by atoms with Gasteiger partial charge < -0.3 is 9.90 Å². The van der Waals surface area contributed by atoms with E-state index in [4.69, 9.17) is 0 Å². The Morgan fingerprint density at radius 2 is 1.33 bits per heavy atom. The Kier molecular flexibility index (Phi) is 5.43. The van der Waals surface area contributed by atoms with Crippen molar-refractivity contribution in [2.75, 3.05) is 0 Å². The number of carboxylic acid groups (broad SMARTS) is 1. The van der Waals surface area contributed by atoms with E-state index in [-0.39, 0.29) is 10.8 Å². The maximum absolute atomic E-state index is 11.6. The van der Waals surface area contributed by atoms with E-state index in [1.807, 2.05) is 12.1 Å². The SMILES string of the molecule is CC(C)(C)c1ccc([I+]c2ccc(C(C)(C)C)cc2C(=O)[O-])cc1. The highest BCUT2D eigenvalue weighted by molar-refractivity contribution is 5.85. The maximum atomic E-state index is 11.6. The largest absolute Gasteiger partial charge is 0.545 e. The third-order valence-electron chi connectivity index (χ3n) is 3.97. The van der Waals surface area contributed by atoms with Gasteiger partial charge in [0.1, 0.15) is 0 Å². The Labute approximate surface area is 155 Å². The highest BCUT2D eigenvalue weighted by atomic mass is 127. The topological polar surface area (TPSA) is 40.1 Å². The molecule has 2 aromatic carbocycles. The number of hydrogen-bond acceptors (Lipinski definition) is 2.